The van der Waals surface area contributed by atoms with Crippen molar-refractivity contribution in [1.29, 1.82) is 5.26 Å². The highest BCUT2D eigenvalue weighted by atomic mass is 32.1. The van der Waals surface area contributed by atoms with Gasteiger partial charge >= 0.3 is 0 Å². The number of nitrogens with two attached hydrogens (primary N) is 1. The van der Waals surface area contributed by atoms with Gasteiger partial charge in [0.25, 0.3) is 0 Å². The van der Waals surface area contributed by atoms with Gasteiger partial charge in [0.1, 0.15) is 16.9 Å². The molecule has 2 aliphatic carbocycles. The average Bonchev–Trinajstić information content (AvgIpc) is 3.93. The Bertz CT molecular complexity index is 2100. The molecule has 4 aliphatic rings. The second-order valence-electron chi connectivity index (χ2n) is 14.2. The molecule has 0 saturated carbocycles. The van der Waals surface area contributed by atoms with Crippen molar-refractivity contribution in [2.24, 2.45) is 0 Å². The molecular formula is C35H41N11O2S. The van der Waals surface area contributed by atoms with Crippen LogP contribution in [-0.2, 0) is 29.6 Å². The first-order valence-corrected chi connectivity index (χ1v) is 18.3. The molecule has 4 atom stereocenters. The summed E-state index contributed by atoms with van der Waals surface area (Å²) in [6.07, 6.45) is 11.6. The summed E-state index contributed by atoms with van der Waals surface area (Å²) >= 11 is 1.55. The number of fused-ring (bicyclic) bond motifs is 6. The highest BCUT2D eigenvalue weighted by Gasteiger charge is 2.49. The van der Waals surface area contributed by atoms with Crippen LogP contribution in [0.2, 0.25) is 0 Å². The summed E-state index contributed by atoms with van der Waals surface area (Å²) in [6.45, 7) is 7.19. The summed E-state index contributed by atoms with van der Waals surface area (Å²) < 4.78 is 14.5. The average molecular weight is 680 g/mol. The minimum Gasteiger partial charge on any atom is -0.389 e. The van der Waals surface area contributed by atoms with Crippen LogP contribution in [0, 0.1) is 11.3 Å². The Kier molecular flexibility index (Phi) is 7.30. The lowest BCUT2D eigenvalue weighted by Crippen LogP contribution is -2.35. The van der Waals surface area contributed by atoms with Gasteiger partial charge in [-0.1, -0.05) is 5.16 Å². The lowest BCUT2D eigenvalue weighted by molar-refractivity contribution is 0.118. The van der Waals surface area contributed by atoms with E-state index in [1.54, 1.807) is 11.3 Å². The summed E-state index contributed by atoms with van der Waals surface area (Å²) in [6, 6.07) is 2.88. The molecular weight excluding hydrogens is 639 g/mol. The Morgan fingerprint density at radius 1 is 1.16 bits per heavy atom. The molecule has 5 aromatic heterocycles. The topological polar surface area (TPSA) is 164 Å². The zero-order chi connectivity index (χ0) is 33.4. The van der Waals surface area contributed by atoms with Crippen LogP contribution in [-0.4, -0.2) is 72.8 Å². The number of likely N-dealkylation sites (tertiary alicyclic amines) is 1. The molecule has 1 fully saturated rings. The number of H-pyrrole nitrogens is 1. The number of thiophene rings is 1. The number of ether oxygens (including phenoxy) is 1. The molecule has 0 aromatic carbocycles. The number of nitriles is 1. The number of nitrogens with zero attached hydrogens (tertiary/aromatic N) is 9. The standard InChI is InChI=1S/C35H41N11O2S/c1-19-23-16-38-42-25(23)18-47-14-13-45(19)33-24-17-39-46(20(2)26-8-6-12-44(26)3)34(24)41-32(40-33)29-21-7-4-10-35(30(21)48-43-29)11-5-9-27-28(35)22(15-36)31(37)49-27/h16-17,19-20,26H,4-14,18,37H2,1-3H3,(H,38,42)/t19-,20-,26-,35-/m0/s1. The number of likely N-dealkylation sites (N-methyl/N-ethyl adjacent to an activating group) is 1. The quantitative estimate of drug-likeness (QED) is 0.249. The van der Waals surface area contributed by atoms with Gasteiger partial charge in [-0.15, -0.1) is 11.3 Å². The summed E-state index contributed by atoms with van der Waals surface area (Å²) in [5.74, 6) is 2.17. The number of hydrogen-bond donors (Lipinski definition) is 2. The monoisotopic (exact) mass is 679 g/mol. The molecule has 0 unspecified atom stereocenters. The van der Waals surface area contributed by atoms with Gasteiger partial charge < -0.3 is 24.8 Å². The van der Waals surface area contributed by atoms with E-state index in [1.165, 1.54) is 11.3 Å². The van der Waals surface area contributed by atoms with Crippen molar-refractivity contribution in [3.8, 4) is 17.6 Å². The number of anilines is 2. The predicted molar refractivity (Wildman–Crippen MR) is 185 cm³/mol. The first kappa shape index (κ1) is 30.7. The summed E-state index contributed by atoms with van der Waals surface area (Å²) in [4.78, 5) is 16.5. The minimum atomic E-state index is -0.422. The molecule has 1 spiro atoms. The van der Waals surface area contributed by atoms with Crippen LogP contribution in [0.5, 0.6) is 0 Å². The van der Waals surface area contributed by atoms with Crippen molar-refractivity contribution < 1.29 is 9.26 Å². The third kappa shape index (κ3) is 4.58. The summed E-state index contributed by atoms with van der Waals surface area (Å²) in [7, 11) is 2.20. The predicted octanol–water partition coefficient (Wildman–Crippen LogP) is 5.43. The number of nitrogens with one attached hydrogen (secondary N) is 1. The summed E-state index contributed by atoms with van der Waals surface area (Å²) in [5.41, 5.74) is 12.2. The van der Waals surface area contributed by atoms with E-state index in [1.807, 2.05) is 12.4 Å². The molecule has 2 aliphatic heterocycles. The Morgan fingerprint density at radius 2 is 2.02 bits per heavy atom. The minimum absolute atomic E-state index is 0.0195. The Hall–Kier alpha value is -4.32. The molecule has 5 aromatic rings. The van der Waals surface area contributed by atoms with Crippen LogP contribution < -0.4 is 10.6 Å². The van der Waals surface area contributed by atoms with E-state index in [9.17, 15) is 5.26 Å². The van der Waals surface area contributed by atoms with Gasteiger partial charge in [-0.25, -0.2) is 14.6 Å². The highest BCUT2D eigenvalue weighted by Crippen LogP contribution is 2.55. The van der Waals surface area contributed by atoms with Gasteiger partial charge in [-0.05, 0) is 84.4 Å². The molecule has 49 heavy (non-hydrogen) atoms. The Labute approximate surface area is 288 Å². The lowest BCUT2D eigenvalue weighted by atomic mass is 9.63. The maximum atomic E-state index is 10.2. The number of hydrogen-bond acceptors (Lipinski definition) is 12. The van der Waals surface area contributed by atoms with Crippen molar-refractivity contribution in [2.45, 2.75) is 95.4 Å². The highest BCUT2D eigenvalue weighted by molar-refractivity contribution is 7.16. The van der Waals surface area contributed by atoms with Crippen molar-refractivity contribution in [1.82, 2.24) is 40.0 Å². The van der Waals surface area contributed by atoms with Gasteiger partial charge in [0.15, 0.2) is 22.9 Å². The largest absolute Gasteiger partial charge is 0.389 e. The molecule has 9 rings (SSSR count). The van der Waals surface area contributed by atoms with E-state index in [4.69, 9.17) is 35.2 Å². The maximum Gasteiger partial charge on any atom is 0.186 e. The van der Waals surface area contributed by atoms with Crippen molar-refractivity contribution in [3.63, 3.8) is 0 Å². The lowest BCUT2D eigenvalue weighted by Gasteiger charge is -2.39. The maximum absolute atomic E-state index is 10.2. The van der Waals surface area contributed by atoms with E-state index in [0.717, 1.165) is 96.5 Å². The van der Waals surface area contributed by atoms with Gasteiger partial charge in [0.2, 0.25) is 0 Å². The Morgan fingerprint density at radius 3 is 2.84 bits per heavy atom. The van der Waals surface area contributed by atoms with Crippen LogP contribution >= 0.6 is 11.3 Å². The zero-order valence-electron chi connectivity index (χ0n) is 28.2. The fourth-order valence-corrected chi connectivity index (χ4v) is 10.4. The smallest absolute Gasteiger partial charge is 0.186 e. The number of nitrogen functional groups attached to an aromatic ring is 1. The van der Waals surface area contributed by atoms with Gasteiger partial charge in [-0.2, -0.15) is 15.5 Å². The molecule has 0 amide bonds. The van der Waals surface area contributed by atoms with Crippen molar-refractivity contribution in [3.05, 3.63) is 51.0 Å². The third-order valence-electron chi connectivity index (χ3n) is 11.7. The Balaban J connectivity index is 1.23. The third-order valence-corrected chi connectivity index (χ3v) is 12.8. The second kappa shape index (κ2) is 11.6. The van der Waals surface area contributed by atoms with E-state index in [2.05, 4.69) is 51.6 Å². The number of aromatic amines is 1. The fraction of sp³-hybridized carbons (Fsp3) is 0.543. The van der Waals surface area contributed by atoms with Crippen LogP contribution in [0.25, 0.3) is 22.6 Å². The zero-order valence-corrected chi connectivity index (χ0v) is 29.0. The van der Waals surface area contributed by atoms with Gasteiger partial charge in [0.05, 0.1) is 59.7 Å². The van der Waals surface area contributed by atoms with Gasteiger partial charge in [-0.3, -0.25) is 5.10 Å². The van der Waals surface area contributed by atoms with Crippen LogP contribution in [0.3, 0.4) is 0 Å². The SMILES string of the molecule is C[C@H]1c2cn[nH]c2COCCN1c1nc(-c2noc3c2CCC[C@@]32CCCc3sc(N)c(C#N)c32)nc2c1cnn2[C@@H](C)[C@@H]1CCCN1C. The van der Waals surface area contributed by atoms with Crippen molar-refractivity contribution >= 4 is 33.2 Å². The molecule has 0 radical (unpaired) electrons. The number of aryl methyl sites for hydroxylation is 1. The van der Waals surface area contributed by atoms with Crippen LogP contribution in [0.15, 0.2) is 16.9 Å². The molecule has 1 saturated heterocycles. The molecule has 3 N–H and O–H groups in total. The molecule has 0 bridgehead atoms. The molecule has 14 heteroatoms. The van der Waals surface area contributed by atoms with E-state index in [-0.39, 0.29) is 12.1 Å². The van der Waals surface area contributed by atoms with E-state index < -0.39 is 5.41 Å². The van der Waals surface area contributed by atoms with Crippen LogP contribution in [0.4, 0.5) is 10.8 Å². The normalized spacial score (nSPS) is 24.7. The van der Waals surface area contributed by atoms with E-state index >= 15 is 0 Å². The van der Waals surface area contributed by atoms with E-state index in [0.29, 0.717) is 47.9 Å². The second-order valence-corrected chi connectivity index (χ2v) is 15.4. The fourth-order valence-electron chi connectivity index (χ4n) is 9.24. The molecule has 7 heterocycles. The molecule has 254 valence electrons. The number of aromatic nitrogens is 7. The molecule has 13 nitrogen and oxygen atoms in total. The number of rotatable bonds is 4. The van der Waals surface area contributed by atoms with Crippen LogP contribution in [0.1, 0.15) is 103 Å². The first-order chi connectivity index (χ1) is 23.9. The van der Waals surface area contributed by atoms with Crippen molar-refractivity contribution in [2.75, 3.05) is 37.4 Å². The summed E-state index contributed by atoms with van der Waals surface area (Å²) in [5, 5.41) is 28.9. The first-order valence-electron chi connectivity index (χ1n) is 17.5. The van der Waals surface area contributed by atoms with Gasteiger partial charge in [0, 0.05) is 28.6 Å².